The topological polar surface area (TPSA) is 109 Å². The van der Waals surface area contributed by atoms with Gasteiger partial charge in [-0.05, 0) is 47.6 Å². The molecule has 1 aliphatic heterocycles. The fourth-order valence-corrected chi connectivity index (χ4v) is 6.06. The van der Waals surface area contributed by atoms with Crippen LogP contribution in [0.2, 0.25) is 0 Å². The van der Waals surface area contributed by atoms with Gasteiger partial charge in [0.25, 0.3) is 6.20 Å². The van der Waals surface area contributed by atoms with Crippen LogP contribution >= 0.6 is 11.8 Å². The number of benzene rings is 1. The van der Waals surface area contributed by atoms with Crippen molar-refractivity contribution in [1.82, 2.24) is 10.2 Å². The van der Waals surface area contributed by atoms with Gasteiger partial charge < -0.3 is 15.1 Å². The summed E-state index contributed by atoms with van der Waals surface area (Å²) < 4.78 is 5.30. The van der Waals surface area contributed by atoms with E-state index in [1.807, 2.05) is 22.0 Å². The number of carbonyl (C=O) groups is 1. The van der Waals surface area contributed by atoms with Gasteiger partial charge in [0, 0.05) is 29.1 Å². The Kier molecular flexibility index (Phi) is 8.83. The van der Waals surface area contributed by atoms with E-state index in [-0.39, 0.29) is 34.4 Å². The lowest BCUT2D eigenvalue weighted by atomic mass is 9.79. The summed E-state index contributed by atoms with van der Waals surface area (Å²) in [5.74, 6) is 0.859. The number of nitrogens with zero attached hydrogens (tertiary/aromatic N) is 5. The molecule has 1 saturated heterocycles. The maximum Gasteiger partial charge on any atom is 0.324 e. The van der Waals surface area contributed by atoms with Crippen molar-refractivity contribution in [2.75, 3.05) is 36.9 Å². The first-order valence-corrected chi connectivity index (χ1v) is 15.0. The van der Waals surface area contributed by atoms with Gasteiger partial charge in [0.15, 0.2) is 0 Å². The quantitative estimate of drug-likeness (QED) is 0.249. The van der Waals surface area contributed by atoms with E-state index < -0.39 is 0 Å². The number of hydrogen-bond acceptors (Lipinski definition) is 8. The number of aliphatic imine (C=N–C) groups is 1. The smallest absolute Gasteiger partial charge is 0.324 e. The molecule has 214 valence electrons. The number of hydrogen-bond donors (Lipinski definition) is 1. The highest BCUT2D eigenvalue weighted by Crippen LogP contribution is 2.41. The molecule has 1 amide bonds. The summed E-state index contributed by atoms with van der Waals surface area (Å²) in [5.41, 5.74) is 1.37. The second-order valence-electron chi connectivity index (χ2n) is 12.7. The lowest BCUT2D eigenvalue weighted by Gasteiger charge is -2.30. The fraction of sp³-hybridized carbons (Fsp3) is 0.655. The minimum atomic E-state index is -0.212. The van der Waals surface area contributed by atoms with Crippen LogP contribution in [-0.2, 0) is 15.6 Å². The normalized spacial score (nSPS) is 18.1. The molecule has 2 aromatic rings. The second kappa shape index (κ2) is 11.8. The van der Waals surface area contributed by atoms with E-state index in [0.29, 0.717) is 37.7 Å². The molecule has 1 aliphatic carbocycles. The maximum atomic E-state index is 13.1. The van der Waals surface area contributed by atoms with Crippen LogP contribution in [0.5, 0.6) is 5.75 Å². The van der Waals surface area contributed by atoms with Crippen LogP contribution in [-0.4, -0.2) is 59.0 Å². The van der Waals surface area contributed by atoms with Crippen molar-refractivity contribution < 1.29 is 24.3 Å². The molecule has 2 aliphatic rings. The first-order chi connectivity index (χ1) is 18.3. The van der Waals surface area contributed by atoms with Crippen molar-refractivity contribution in [1.29, 1.82) is 0 Å². The van der Waals surface area contributed by atoms with E-state index in [2.05, 4.69) is 51.8 Å². The minimum absolute atomic E-state index is 0.00796. The van der Waals surface area contributed by atoms with Crippen molar-refractivity contribution in [2.24, 2.45) is 10.9 Å². The monoisotopic (exact) mass is 557 g/mol. The SMILES string of the molecule is CC(C)(C)c1cc(SCC(=O)N2CCN([n+]3cc(N=C([O-])C4CCCCC4)on3)CC2)cc(C(C)(C)C)c1O. The molecular formula is C29H43N5O4S. The Morgan fingerprint density at radius 2 is 1.67 bits per heavy atom. The van der Waals surface area contributed by atoms with Crippen LogP contribution in [0.1, 0.15) is 84.8 Å². The molecule has 4 rings (SSSR count). The average molecular weight is 558 g/mol. The summed E-state index contributed by atoms with van der Waals surface area (Å²) in [6.07, 6.45) is 6.77. The molecule has 0 atom stereocenters. The molecule has 0 radical (unpaired) electrons. The molecular weight excluding hydrogens is 514 g/mol. The van der Waals surface area contributed by atoms with Crippen LogP contribution in [0.4, 0.5) is 5.88 Å². The van der Waals surface area contributed by atoms with Crippen LogP contribution < -0.4 is 14.9 Å². The van der Waals surface area contributed by atoms with Gasteiger partial charge in [0.05, 0.1) is 23.6 Å². The predicted octanol–water partition coefficient (Wildman–Crippen LogP) is 3.81. The first-order valence-electron chi connectivity index (χ1n) is 14.0. The zero-order chi connectivity index (χ0) is 28.4. The van der Waals surface area contributed by atoms with Crippen LogP contribution in [0.25, 0.3) is 0 Å². The number of thioether (sulfide) groups is 1. The summed E-state index contributed by atoms with van der Waals surface area (Å²) in [6.45, 7) is 14.9. The Balaban J connectivity index is 1.33. The summed E-state index contributed by atoms with van der Waals surface area (Å²) in [7, 11) is 0. The van der Waals surface area contributed by atoms with E-state index in [1.165, 1.54) is 18.2 Å². The lowest BCUT2D eigenvalue weighted by Crippen LogP contribution is -2.66. The maximum absolute atomic E-state index is 13.1. The average Bonchev–Trinajstić information content (AvgIpc) is 3.35. The van der Waals surface area contributed by atoms with Gasteiger partial charge >= 0.3 is 5.88 Å². The fourth-order valence-electron chi connectivity index (χ4n) is 5.18. The Labute approximate surface area is 236 Å². The highest BCUT2D eigenvalue weighted by atomic mass is 32.2. The number of aromatic hydroxyl groups is 1. The van der Waals surface area contributed by atoms with E-state index in [4.69, 9.17) is 4.52 Å². The first kappa shape index (κ1) is 29.2. The Morgan fingerprint density at radius 3 is 2.23 bits per heavy atom. The molecule has 9 nitrogen and oxygen atoms in total. The van der Waals surface area contributed by atoms with Gasteiger partial charge in [0.2, 0.25) is 11.2 Å². The van der Waals surface area contributed by atoms with Gasteiger partial charge in [-0.3, -0.25) is 9.32 Å². The largest absolute Gasteiger partial charge is 0.861 e. The third-order valence-corrected chi connectivity index (χ3v) is 8.54. The number of piperazine rings is 1. The minimum Gasteiger partial charge on any atom is -0.861 e. The number of carbonyl (C=O) groups excluding carboxylic acids is 1. The molecule has 0 unspecified atom stereocenters. The number of rotatable bonds is 6. The number of phenols is 1. The third-order valence-electron chi connectivity index (χ3n) is 7.58. The molecule has 1 N–H and O–H groups in total. The number of phenolic OH excluding ortho intramolecular Hbond substituents is 1. The highest BCUT2D eigenvalue weighted by molar-refractivity contribution is 8.00. The Hall–Kier alpha value is -2.75. The van der Waals surface area contributed by atoms with Gasteiger partial charge in [0.1, 0.15) is 5.75 Å². The Bertz CT molecular complexity index is 1150. The number of amides is 1. The van der Waals surface area contributed by atoms with Crippen molar-refractivity contribution in [2.45, 2.75) is 89.4 Å². The van der Waals surface area contributed by atoms with Crippen molar-refractivity contribution in [3.8, 4) is 5.75 Å². The van der Waals surface area contributed by atoms with E-state index in [0.717, 1.165) is 41.7 Å². The van der Waals surface area contributed by atoms with Gasteiger partial charge in [-0.2, -0.15) is 0 Å². The summed E-state index contributed by atoms with van der Waals surface area (Å²) >= 11 is 1.52. The summed E-state index contributed by atoms with van der Waals surface area (Å²) in [4.78, 5) is 21.7. The summed E-state index contributed by atoms with van der Waals surface area (Å²) in [5, 5.41) is 29.4. The molecule has 39 heavy (non-hydrogen) atoms. The van der Waals surface area contributed by atoms with Crippen LogP contribution in [0, 0.1) is 5.92 Å². The summed E-state index contributed by atoms with van der Waals surface area (Å²) in [6, 6.07) is 4.03. The van der Waals surface area contributed by atoms with Crippen LogP contribution in [0.15, 0.2) is 32.7 Å². The standard InChI is InChI=1S/C29H43N5O4S/c1-28(2,3)22-16-21(17-23(26(22)36)29(4,5)6)39-19-25(35)32-12-14-33(15-13-32)34-18-24(38-31-34)30-27(37)20-10-8-7-9-11-20/h16-18,20H,7-15,19H2,1-6H3,(H-,30,31,36,37). The molecule has 0 spiro atoms. The second-order valence-corrected chi connectivity index (χ2v) is 13.8. The molecule has 2 heterocycles. The zero-order valence-electron chi connectivity index (χ0n) is 24.2. The molecule has 10 heteroatoms. The lowest BCUT2D eigenvalue weighted by molar-refractivity contribution is -0.759. The molecule has 0 bridgehead atoms. The molecule has 2 fully saturated rings. The zero-order valence-corrected chi connectivity index (χ0v) is 25.0. The van der Waals surface area contributed by atoms with Gasteiger partial charge in [-0.25, -0.2) is 4.99 Å². The third kappa shape index (κ3) is 7.26. The predicted molar refractivity (Wildman–Crippen MR) is 151 cm³/mol. The molecule has 1 aromatic heterocycles. The van der Waals surface area contributed by atoms with Gasteiger partial charge in [-0.1, -0.05) is 60.8 Å². The molecule has 1 aromatic carbocycles. The molecule has 1 saturated carbocycles. The Morgan fingerprint density at radius 1 is 1.08 bits per heavy atom. The number of aromatic nitrogens is 2. The van der Waals surface area contributed by atoms with Crippen LogP contribution in [0.3, 0.4) is 0 Å². The van der Waals surface area contributed by atoms with Crippen molar-refractivity contribution in [3.05, 3.63) is 29.5 Å². The van der Waals surface area contributed by atoms with Crippen molar-refractivity contribution in [3.63, 3.8) is 0 Å². The highest BCUT2D eigenvalue weighted by Gasteiger charge is 2.30. The van der Waals surface area contributed by atoms with E-state index >= 15 is 0 Å². The van der Waals surface area contributed by atoms with E-state index in [1.54, 1.807) is 11.0 Å². The van der Waals surface area contributed by atoms with E-state index in [9.17, 15) is 15.0 Å². The van der Waals surface area contributed by atoms with Crippen molar-refractivity contribution >= 4 is 29.5 Å². The van der Waals surface area contributed by atoms with Gasteiger partial charge in [-0.15, -0.1) is 16.8 Å².